The van der Waals surface area contributed by atoms with Crippen LogP contribution in [-0.4, -0.2) is 16.9 Å². The summed E-state index contributed by atoms with van der Waals surface area (Å²) in [5.74, 6) is 6.54. The molecule has 114 valence electrons. The molecule has 0 fully saturated rings. The second-order valence-corrected chi connectivity index (χ2v) is 6.11. The second-order valence-electron chi connectivity index (χ2n) is 5.19. The van der Waals surface area contributed by atoms with E-state index in [0.717, 1.165) is 22.3 Å². The fourth-order valence-electron chi connectivity index (χ4n) is 2.39. The molecule has 0 spiro atoms. The summed E-state index contributed by atoms with van der Waals surface area (Å²) in [6.45, 7) is 4.17. The molecule has 0 aliphatic carbocycles. The van der Waals surface area contributed by atoms with Crippen LogP contribution < -0.4 is 16.0 Å². The summed E-state index contributed by atoms with van der Waals surface area (Å²) in [6, 6.07) is 8.36. The third-order valence-electron chi connectivity index (χ3n) is 3.37. The average Bonchev–Trinajstić information content (AvgIpc) is 2.88. The summed E-state index contributed by atoms with van der Waals surface area (Å²) in [5, 5.41) is 4.40. The first-order chi connectivity index (χ1) is 10.1. The Morgan fingerprint density at radius 2 is 2.19 bits per heavy atom. The van der Waals surface area contributed by atoms with Gasteiger partial charge >= 0.3 is 0 Å². The zero-order valence-corrected chi connectivity index (χ0v) is 14.1. The van der Waals surface area contributed by atoms with Crippen molar-refractivity contribution < 1.29 is 4.74 Å². The number of nitrogens with one attached hydrogen (secondary N) is 1. The molecule has 2 aromatic rings. The summed E-state index contributed by atoms with van der Waals surface area (Å²) in [5.41, 5.74) is 5.04. The summed E-state index contributed by atoms with van der Waals surface area (Å²) in [6.07, 6.45) is 2.49. The maximum atomic E-state index is 5.78. The highest BCUT2D eigenvalue weighted by Crippen LogP contribution is 2.29. The Kier molecular flexibility index (Phi) is 5.39. The number of hydrazine groups is 1. The number of aromatic nitrogens is 2. The highest BCUT2D eigenvalue weighted by Gasteiger charge is 2.22. The van der Waals surface area contributed by atoms with E-state index in [0.29, 0.717) is 0 Å². The third-order valence-corrected chi connectivity index (χ3v) is 3.86. The third kappa shape index (κ3) is 3.64. The Labute approximate surface area is 133 Å². The number of halogens is 1. The van der Waals surface area contributed by atoms with Gasteiger partial charge in [0, 0.05) is 10.5 Å². The van der Waals surface area contributed by atoms with Gasteiger partial charge in [0.15, 0.2) is 5.75 Å². The van der Waals surface area contributed by atoms with E-state index in [2.05, 4.69) is 52.4 Å². The minimum absolute atomic E-state index is 0.0702. The first-order valence-electron chi connectivity index (χ1n) is 6.88. The predicted molar refractivity (Wildman–Crippen MR) is 87.1 cm³/mol. The molecule has 0 aliphatic heterocycles. The molecule has 0 aliphatic rings. The highest BCUT2D eigenvalue weighted by molar-refractivity contribution is 9.10. The second kappa shape index (κ2) is 7.06. The minimum atomic E-state index is -0.0702. The normalized spacial score (nSPS) is 12.7. The van der Waals surface area contributed by atoms with Crippen LogP contribution in [0.3, 0.4) is 0 Å². The molecular weight excluding hydrogens is 332 g/mol. The first-order valence-corrected chi connectivity index (χ1v) is 7.68. The molecule has 1 heterocycles. The van der Waals surface area contributed by atoms with E-state index in [9.17, 15) is 0 Å². The Bertz CT molecular complexity index is 597. The summed E-state index contributed by atoms with van der Waals surface area (Å²) in [4.78, 5) is 0. The largest absolute Gasteiger partial charge is 0.493 e. The molecule has 0 saturated heterocycles. The lowest BCUT2D eigenvalue weighted by molar-refractivity contribution is 0.384. The molecule has 1 aromatic carbocycles. The van der Waals surface area contributed by atoms with Crippen LogP contribution in [0.25, 0.3) is 0 Å². The number of nitrogens with zero attached hydrogens (tertiary/aromatic N) is 2. The van der Waals surface area contributed by atoms with Gasteiger partial charge in [-0.05, 0) is 38.0 Å². The lowest BCUT2D eigenvalue weighted by Gasteiger charge is -2.21. The van der Waals surface area contributed by atoms with Crippen molar-refractivity contribution in [2.45, 2.75) is 32.4 Å². The molecule has 1 atom stereocenters. The fourth-order valence-corrected chi connectivity index (χ4v) is 2.84. The predicted octanol–water partition coefficient (Wildman–Crippen LogP) is 2.98. The Morgan fingerprint density at radius 3 is 2.76 bits per heavy atom. The Morgan fingerprint density at radius 1 is 1.43 bits per heavy atom. The zero-order valence-electron chi connectivity index (χ0n) is 12.5. The van der Waals surface area contributed by atoms with Crippen molar-refractivity contribution in [3.05, 3.63) is 46.2 Å². The molecule has 5 nitrogen and oxygen atoms in total. The van der Waals surface area contributed by atoms with Gasteiger partial charge in [-0.15, -0.1) is 0 Å². The SMILES string of the molecule is COc1cnn(C(C)C)c1C(Cc1cccc(Br)c1)NN. The molecule has 1 aromatic heterocycles. The monoisotopic (exact) mass is 352 g/mol. The van der Waals surface area contributed by atoms with Crippen LogP contribution in [0.1, 0.15) is 37.2 Å². The van der Waals surface area contributed by atoms with Gasteiger partial charge in [-0.2, -0.15) is 5.10 Å². The van der Waals surface area contributed by atoms with Gasteiger partial charge in [0.2, 0.25) is 0 Å². The van der Waals surface area contributed by atoms with Crippen LogP contribution in [-0.2, 0) is 6.42 Å². The van der Waals surface area contributed by atoms with E-state index >= 15 is 0 Å². The van der Waals surface area contributed by atoms with Crippen LogP contribution in [0, 0.1) is 0 Å². The van der Waals surface area contributed by atoms with Gasteiger partial charge in [0.25, 0.3) is 0 Å². The van der Waals surface area contributed by atoms with Crippen molar-refractivity contribution in [2.75, 3.05) is 7.11 Å². The van der Waals surface area contributed by atoms with E-state index in [1.54, 1.807) is 13.3 Å². The smallest absolute Gasteiger partial charge is 0.161 e. The van der Waals surface area contributed by atoms with Gasteiger partial charge in [-0.1, -0.05) is 28.1 Å². The lowest BCUT2D eigenvalue weighted by Crippen LogP contribution is -2.32. The van der Waals surface area contributed by atoms with Gasteiger partial charge in [-0.25, -0.2) is 0 Å². The first kappa shape index (κ1) is 16.0. The molecule has 0 radical (unpaired) electrons. The molecule has 6 heteroatoms. The average molecular weight is 353 g/mol. The fraction of sp³-hybridized carbons (Fsp3) is 0.400. The van der Waals surface area contributed by atoms with E-state index in [-0.39, 0.29) is 12.1 Å². The Hall–Kier alpha value is -1.37. The zero-order chi connectivity index (χ0) is 15.4. The minimum Gasteiger partial charge on any atom is -0.493 e. The van der Waals surface area contributed by atoms with Crippen molar-refractivity contribution in [1.29, 1.82) is 0 Å². The van der Waals surface area contributed by atoms with Gasteiger partial charge in [0.05, 0.1) is 25.0 Å². The maximum Gasteiger partial charge on any atom is 0.161 e. The summed E-state index contributed by atoms with van der Waals surface area (Å²) in [7, 11) is 1.65. The van der Waals surface area contributed by atoms with Crippen molar-refractivity contribution in [3.63, 3.8) is 0 Å². The molecule has 0 amide bonds. The topological polar surface area (TPSA) is 65.1 Å². The number of rotatable bonds is 6. The highest BCUT2D eigenvalue weighted by atomic mass is 79.9. The maximum absolute atomic E-state index is 5.78. The summed E-state index contributed by atoms with van der Waals surface area (Å²) < 4.78 is 8.43. The Balaban J connectivity index is 2.35. The van der Waals surface area contributed by atoms with E-state index in [4.69, 9.17) is 10.6 Å². The molecular formula is C15H21BrN4O. The molecule has 0 saturated carbocycles. The lowest BCUT2D eigenvalue weighted by atomic mass is 10.0. The summed E-state index contributed by atoms with van der Waals surface area (Å²) >= 11 is 3.49. The molecule has 0 bridgehead atoms. The molecule has 21 heavy (non-hydrogen) atoms. The molecule has 2 rings (SSSR count). The van der Waals surface area contributed by atoms with Crippen LogP contribution >= 0.6 is 15.9 Å². The van der Waals surface area contributed by atoms with Crippen LogP contribution in [0.5, 0.6) is 5.75 Å². The number of hydrogen-bond donors (Lipinski definition) is 2. The molecule has 1 unspecified atom stereocenters. The van der Waals surface area contributed by atoms with Crippen LogP contribution in [0.4, 0.5) is 0 Å². The van der Waals surface area contributed by atoms with Crippen LogP contribution in [0.15, 0.2) is 34.9 Å². The van der Waals surface area contributed by atoms with Crippen molar-refractivity contribution in [1.82, 2.24) is 15.2 Å². The number of ether oxygens (including phenoxy) is 1. The van der Waals surface area contributed by atoms with Crippen molar-refractivity contribution in [2.24, 2.45) is 5.84 Å². The number of nitrogens with two attached hydrogens (primary N) is 1. The quantitative estimate of drug-likeness (QED) is 0.619. The van der Waals surface area contributed by atoms with Crippen molar-refractivity contribution in [3.8, 4) is 5.75 Å². The standard InChI is InChI=1S/C15H21BrN4O/c1-10(2)20-15(14(21-3)9-18-20)13(19-17)8-11-5-4-6-12(16)7-11/h4-7,9-10,13,19H,8,17H2,1-3H3. The number of benzene rings is 1. The van der Waals surface area contributed by atoms with Gasteiger partial charge in [-0.3, -0.25) is 16.0 Å². The van der Waals surface area contributed by atoms with E-state index in [1.807, 2.05) is 16.8 Å². The molecule has 3 N–H and O–H groups in total. The van der Waals surface area contributed by atoms with Crippen molar-refractivity contribution >= 4 is 15.9 Å². The number of methoxy groups -OCH3 is 1. The van der Waals surface area contributed by atoms with E-state index in [1.165, 1.54) is 5.56 Å². The van der Waals surface area contributed by atoms with Crippen LogP contribution in [0.2, 0.25) is 0 Å². The number of hydrogen-bond acceptors (Lipinski definition) is 4. The van der Waals surface area contributed by atoms with Gasteiger partial charge in [0.1, 0.15) is 0 Å². The van der Waals surface area contributed by atoms with Gasteiger partial charge < -0.3 is 4.74 Å². The van der Waals surface area contributed by atoms with E-state index < -0.39 is 0 Å².